The summed E-state index contributed by atoms with van der Waals surface area (Å²) < 4.78 is 6.52. The van der Waals surface area contributed by atoms with E-state index in [0.29, 0.717) is 10.7 Å². The monoisotopic (exact) mass is 295 g/mol. The Morgan fingerprint density at radius 3 is 2.75 bits per heavy atom. The molecule has 0 aromatic carbocycles. The molecule has 1 saturated heterocycles. The van der Waals surface area contributed by atoms with Gasteiger partial charge in [-0.3, -0.25) is 4.90 Å². The molecule has 1 aromatic rings. The van der Waals surface area contributed by atoms with Crippen molar-refractivity contribution in [1.29, 1.82) is 0 Å². The van der Waals surface area contributed by atoms with Crippen LogP contribution in [-0.4, -0.2) is 40.6 Å². The first kappa shape index (κ1) is 15.6. The van der Waals surface area contributed by atoms with Gasteiger partial charge in [-0.1, -0.05) is 33.0 Å². The molecule has 2 heterocycles. The molecule has 4 nitrogen and oxygen atoms in total. The molecule has 1 aliphatic rings. The number of morpholine rings is 1. The van der Waals surface area contributed by atoms with Gasteiger partial charge < -0.3 is 9.72 Å². The highest BCUT2D eigenvalue weighted by molar-refractivity contribution is 7.71. The zero-order valence-corrected chi connectivity index (χ0v) is 13.9. The third kappa shape index (κ3) is 3.65. The Labute approximate surface area is 126 Å². The minimum Gasteiger partial charge on any atom is -0.368 e. The summed E-state index contributed by atoms with van der Waals surface area (Å²) in [6.45, 7) is 13.5. The molecule has 1 fully saturated rings. The fourth-order valence-corrected chi connectivity index (χ4v) is 2.55. The summed E-state index contributed by atoms with van der Waals surface area (Å²) in [4.78, 5) is 10.3. The average Bonchev–Trinajstić information content (AvgIpc) is 2.37. The van der Waals surface area contributed by atoms with E-state index in [1.807, 2.05) is 6.07 Å². The maximum absolute atomic E-state index is 5.89. The predicted molar refractivity (Wildman–Crippen MR) is 83.5 cm³/mol. The van der Waals surface area contributed by atoms with Crippen LogP contribution in [-0.2, 0) is 10.2 Å². The summed E-state index contributed by atoms with van der Waals surface area (Å²) in [5.41, 5.74) is 1.13. The lowest BCUT2D eigenvalue weighted by Gasteiger charge is -2.35. The zero-order valence-electron chi connectivity index (χ0n) is 13.1. The lowest BCUT2D eigenvalue weighted by atomic mass is 9.92. The van der Waals surface area contributed by atoms with Crippen LogP contribution < -0.4 is 0 Å². The minimum atomic E-state index is -0.0184. The first-order valence-corrected chi connectivity index (χ1v) is 7.65. The van der Waals surface area contributed by atoms with E-state index >= 15 is 0 Å². The highest BCUT2D eigenvalue weighted by Crippen LogP contribution is 2.24. The Morgan fingerprint density at radius 2 is 2.15 bits per heavy atom. The second kappa shape index (κ2) is 5.92. The largest absolute Gasteiger partial charge is 0.368 e. The third-order valence-corrected chi connectivity index (χ3v) is 3.91. The van der Waals surface area contributed by atoms with Crippen LogP contribution in [0.1, 0.15) is 52.2 Å². The Hall–Kier alpha value is -0.780. The lowest BCUT2D eigenvalue weighted by Crippen LogP contribution is -2.42. The molecule has 20 heavy (non-hydrogen) atoms. The van der Waals surface area contributed by atoms with Crippen molar-refractivity contribution in [1.82, 2.24) is 14.9 Å². The maximum Gasteiger partial charge on any atom is 0.138 e. The molecule has 1 unspecified atom stereocenters. The van der Waals surface area contributed by atoms with Crippen molar-refractivity contribution in [3.05, 3.63) is 22.2 Å². The fourth-order valence-electron chi connectivity index (χ4n) is 2.34. The zero-order chi connectivity index (χ0) is 14.9. The van der Waals surface area contributed by atoms with Gasteiger partial charge in [-0.15, -0.1) is 0 Å². The minimum absolute atomic E-state index is 0.0184. The molecule has 1 aliphatic heterocycles. The molecule has 112 valence electrons. The Balaban J connectivity index is 2.28. The summed E-state index contributed by atoms with van der Waals surface area (Å²) >= 11 is 5.31. The Morgan fingerprint density at radius 1 is 1.45 bits per heavy atom. The van der Waals surface area contributed by atoms with Crippen LogP contribution in [0.3, 0.4) is 0 Å². The molecule has 2 rings (SSSR count). The molecule has 0 amide bonds. The molecule has 0 aliphatic carbocycles. The van der Waals surface area contributed by atoms with Crippen LogP contribution in [0.4, 0.5) is 0 Å². The smallest absolute Gasteiger partial charge is 0.138 e. The second-order valence-electron chi connectivity index (χ2n) is 6.72. The molecule has 1 aromatic heterocycles. The summed E-state index contributed by atoms with van der Waals surface area (Å²) in [5.74, 6) is 0.854. The SMILES string of the molecule is CC(C)N1CCOC(c2nc(=S)cc(C(C)(C)C)[nH]2)C1. The summed E-state index contributed by atoms with van der Waals surface area (Å²) in [6, 6.07) is 2.47. The number of nitrogens with one attached hydrogen (secondary N) is 1. The maximum atomic E-state index is 5.89. The number of aromatic amines is 1. The van der Waals surface area contributed by atoms with Crippen LogP contribution in [0.2, 0.25) is 0 Å². The quantitative estimate of drug-likeness (QED) is 0.851. The highest BCUT2D eigenvalue weighted by Gasteiger charge is 2.26. The summed E-state index contributed by atoms with van der Waals surface area (Å²) in [7, 11) is 0. The Kier molecular flexibility index (Phi) is 4.62. The van der Waals surface area contributed by atoms with Crippen molar-refractivity contribution in [2.24, 2.45) is 0 Å². The van der Waals surface area contributed by atoms with Gasteiger partial charge in [-0.05, 0) is 19.9 Å². The van der Waals surface area contributed by atoms with Gasteiger partial charge in [-0.25, -0.2) is 4.98 Å². The van der Waals surface area contributed by atoms with E-state index in [4.69, 9.17) is 17.0 Å². The van der Waals surface area contributed by atoms with E-state index in [-0.39, 0.29) is 11.5 Å². The van der Waals surface area contributed by atoms with E-state index in [9.17, 15) is 0 Å². The van der Waals surface area contributed by atoms with Crippen molar-refractivity contribution in [3.63, 3.8) is 0 Å². The van der Waals surface area contributed by atoms with Crippen LogP contribution in [0.15, 0.2) is 6.07 Å². The molecular formula is C15H25N3OS. The van der Waals surface area contributed by atoms with Crippen molar-refractivity contribution >= 4 is 12.2 Å². The number of rotatable bonds is 2. The van der Waals surface area contributed by atoms with E-state index < -0.39 is 0 Å². The number of nitrogens with zero attached hydrogens (tertiary/aromatic N) is 2. The molecule has 0 radical (unpaired) electrons. The first-order chi connectivity index (χ1) is 9.27. The molecular weight excluding hydrogens is 270 g/mol. The number of ether oxygens (including phenoxy) is 1. The first-order valence-electron chi connectivity index (χ1n) is 7.25. The number of hydrogen-bond donors (Lipinski definition) is 1. The standard InChI is InChI=1S/C15H25N3OS/c1-10(2)18-6-7-19-11(9-18)14-16-12(15(3,4)5)8-13(20)17-14/h8,10-11H,6-7,9H2,1-5H3,(H,16,17,20). The normalized spacial score (nSPS) is 21.4. The Bertz CT molecular complexity index is 519. The second-order valence-corrected chi connectivity index (χ2v) is 7.13. The van der Waals surface area contributed by atoms with Crippen molar-refractivity contribution < 1.29 is 4.74 Å². The van der Waals surface area contributed by atoms with Gasteiger partial charge in [0.25, 0.3) is 0 Å². The molecule has 1 N–H and O–H groups in total. The fraction of sp³-hybridized carbons (Fsp3) is 0.733. The lowest BCUT2D eigenvalue weighted by molar-refractivity contribution is -0.0444. The van der Waals surface area contributed by atoms with Crippen molar-refractivity contribution in [2.45, 2.75) is 52.2 Å². The van der Waals surface area contributed by atoms with Gasteiger partial charge in [0.05, 0.1) is 6.61 Å². The topological polar surface area (TPSA) is 41.1 Å². The van der Waals surface area contributed by atoms with Gasteiger partial charge in [0.2, 0.25) is 0 Å². The van der Waals surface area contributed by atoms with Crippen LogP contribution in [0.5, 0.6) is 0 Å². The number of hydrogen-bond acceptors (Lipinski definition) is 4. The average molecular weight is 295 g/mol. The van der Waals surface area contributed by atoms with Gasteiger partial charge in [0.15, 0.2) is 0 Å². The van der Waals surface area contributed by atoms with Crippen LogP contribution >= 0.6 is 12.2 Å². The number of aromatic nitrogens is 2. The predicted octanol–water partition coefficient (Wildman–Crippen LogP) is 3.22. The van der Waals surface area contributed by atoms with Gasteiger partial charge in [-0.2, -0.15) is 0 Å². The number of H-pyrrole nitrogens is 1. The molecule has 0 spiro atoms. The van der Waals surface area contributed by atoms with Crippen molar-refractivity contribution in [2.75, 3.05) is 19.7 Å². The van der Waals surface area contributed by atoms with Gasteiger partial charge in [0.1, 0.15) is 16.6 Å². The molecule has 0 bridgehead atoms. The van der Waals surface area contributed by atoms with Crippen LogP contribution in [0, 0.1) is 4.64 Å². The van der Waals surface area contributed by atoms with Crippen molar-refractivity contribution in [3.8, 4) is 0 Å². The summed E-state index contributed by atoms with van der Waals surface area (Å²) in [5, 5.41) is 0. The van der Waals surface area contributed by atoms with Gasteiger partial charge >= 0.3 is 0 Å². The third-order valence-electron chi connectivity index (χ3n) is 3.70. The molecule has 1 atom stereocenters. The summed E-state index contributed by atoms with van der Waals surface area (Å²) in [6.07, 6.45) is -0.0184. The van der Waals surface area contributed by atoms with E-state index in [1.54, 1.807) is 0 Å². The van der Waals surface area contributed by atoms with E-state index in [0.717, 1.165) is 31.2 Å². The highest BCUT2D eigenvalue weighted by atomic mass is 32.1. The van der Waals surface area contributed by atoms with Gasteiger partial charge in [0, 0.05) is 30.2 Å². The van der Waals surface area contributed by atoms with E-state index in [2.05, 4.69) is 49.5 Å². The van der Waals surface area contributed by atoms with Crippen LogP contribution in [0.25, 0.3) is 0 Å². The molecule has 0 saturated carbocycles. The molecule has 5 heteroatoms. The van der Waals surface area contributed by atoms with E-state index in [1.165, 1.54) is 0 Å².